The van der Waals surface area contributed by atoms with Crippen LogP contribution in [0.4, 0.5) is 0 Å². The summed E-state index contributed by atoms with van der Waals surface area (Å²) in [6, 6.07) is 8.24. The molecule has 18 heavy (non-hydrogen) atoms. The van der Waals surface area contributed by atoms with E-state index in [1.807, 2.05) is 43.0 Å². The van der Waals surface area contributed by atoms with Crippen LogP contribution >= 0.6 is 0 Å². The van der Waals surface area contributed by atoms with Crippen LogP contribution in [-0.2, 0) is 19.9 Å². The number of pyridine rings is 1. The molecular weight excluding hydrogens is 224 g/mol. The lowest BCUT2D eigenvalue weighted by atomic mass is 10.0. The summed E-state index contributed by atoms with van der Waals surface area (Å²) in [5, 5.41) is 4.33. The number of hydrogen-bond donors (Lipinski definition) is 1. The highest BCUT2D eigenvalue weighted by Crippen LogP contribution is 2.08. The first-order chi connectivity index (χ1) is 8.65. The van der Waals surface area contributed by atoms with Gasteiger partial charge in [0.05, 0.1) is 5.69 Å². The van der Waals surface area contributed by atoms with Crippen LogP contribution in [0.25, 0.3) is 0 Å². The quantitative estimate of drug-likeness (QED) is 0.869. The molecule has 0 aliphatic heterocycles. The first kappa shape index (κ1) is 12.8. The molecule has 0 amide bonds. The van der Waals surface area contributed by atoms with Gasteiger partial charge in [-0.25, -0.2) is 0 Å². The van der Waals surface area contributed by atoms with Crippen molar-refractivity contribution in [2.24, 2.45) is 12.8 Å². The molecule has 2 aromatic rings. The standard InChI is InChI=1S/C14H20N4/c1-11-9-14(18(2)17-11)10-12(15)6-7-13-5-3-4-8-16-13/h3-5,8-9,12H,6-7,10,15H2,1-2H3. The number of aryl methyl sites for hydroxylation is 3. The van der Waals surface area contributed by atoms with E-state index in [0.29, 0.717) is 0 Å². The minimum Gasteiger partial charge on any atom is -0.327 e. The molecule has 2 rings (SSSR count). The van der Waals surface area contributed by atoms with Crippen molar-refractivity contribution in [2.75, 3.05) is 0 Å². The Labute approximate surface area is 108 Å². The summed E-state index contributed by atoms with van der Waals surface area (Å²) >= 11 is 0. The van der Waals surface area contributed by atoms with Gasteiger partial charge in [0.2, 0.25) is 0 Å². The maximum Gasteiger partial charge on any atom is 0.0596 e. The summed E-state index contributed by atoms with van der Waals surface area (Å²) in [6.45, 7) is 2.00. The van der Waals surface area contributed by atoms with Gasteiger partial charge < -0.3 is 5.73 Å². The van der Waals surface area contributed by atoms with Crippen LogP contribution in [0.2, 0.25) is 0 Å². The number of hydrogen-bond acceptors (Lipinski definition) is 3. The highest BCUT2D eigenvalue weighted by Gasteiger charge is 2.09. The van der Waals surface area contributed by atoms with Gasteiger partial charge in [-0.15, -0.1) is 0 Å². The molecule has 0 fully saturated rings. The number of aromatic nitrogens is 3. The molecule has 1 atom stereocenters. The first-order valence-corrected chi connectivity index (χ1v) is 6.30. The van der Waals surface area contributed by atoms with E-state index in [0.717, 1.165) is 30.7 Å². The van der Waals surface area contributed by atoms with Crippen molar-refractivity contribution in [2.45, 2.75) is 32.2 Å². The van der Waals surface area contributed by atoms with Crippen molar-refractivity contribution in [3.05, 3.63) is 47.5 Å². The van der Waals surface area contributed by atoms with Crippen LogP contribution in [0.15, 0.2) is 30.5 Å². The SMILES string of the molecule is Cc1cc(CC(N)CCc2ccccn2)n(C)n1. The molecule has 0 bridgehead atoms. The van der Waals surface area contributed by atoms with Crippen LogP contribution in [0.5, 0.6) is 0 Å². The average Bonchev–Trinajstić information content (AvgIpc) is 2.67. The monoisotopic (exact) mass is 244 g/mol. The van der Waals surface area contributed by atoms with E-state index < -0.39 is 0 Å². The normalized spacial score (nSPS) is 12.6. The zero-order valence-corrected chi connectivity index (χ0v) is 11.0. The van der Waals surface area contributed by atoms with Gasteiger partial charge in [0, 0.05) is 37.1 Å². The fraction of sp³-hybridized carbons (Fsp3) is 0.429. The Hall–Kier alpha value is -1.68. The molecule has 2 N–H and O–H groups in total. The van der Waals surface area contributed by atoms with Crippen LogP contribution < -0.4 is 5.73 Å². The molecule has 0 spiro atoms. The minimum atomic E-state index is 0.154. The lowest BCUT2D eigenvalue weighted by Gasteiger charge is -2.11. The molecule has 0 aliphatic carbocycles. The van der Waals surface area contributed by atoms with E-state index in [-0.39, 0.29) is 6.04 Å². The molecule has 0 saturated carbocycles. The summed E-state index contributed by atoms with van der Waals surface area (Å²) in [4.78, 5) is 4.31. The van der Waals surface area contributed by atoms with Gasteiger partial charge >= 0.3 is 0 Å². The molecule has 2 aromatic heterocycles. The molecule has 4 nitrogen and oxygen atoms in total. The van der Waals surface area contributed by atoms with Crippen molar-refractivity contribution in [3.63, 3.8) is 0 Å². The predicted octanol–water partition coefficient (Wildman–Crippen LogP) is 1.63. The molecule has 0 aromatic carbocycles. The van der Waals surface area contributed by atoms with Crippen molar-refractivity contribution in [1.82, 2.24) is 14.8 Å². The molecule has 96 valence electrons. The fourth-order valence-electron chi connectivity index (χ4n) is 2.11. The summed E-state index contributed by atoms with van der Waals surface area (Å²) in [5.74, 6) is 0. The third-order valence-electron chi connectivity index (χ3n) is 3.07. The van der Waals surface area contributed by atoms with Gasteiger partial charge in [-0.05, 0) is 38.0 Å². The van der Waals surface area contributed by atoms with E-state index in [9.17, 15) is 0 Å². The van der Waals surface area contributed by atoms with Crippen LogP contribution in [0, 0.1) is 6.92 Å². The number of nitrogens with zero attached hydrogens (tertiary/aromatic N) is 3. The first-order valence-electron chi connectivity index (χ1n) is 6.30. The summed E-state index contributed by atoms with van der Waals surface area (Å²) in [7, 11) is 1.97. The molecule has 1 unspecified atom stereocenters. The van der Waals surface area contributed by atoms with E-state index in [1.165, 1.54) is 5.69 Å². The Kier molecular flexibility index (Phi) is 4.10. The second-order valence-electron chi connectivity index (χ2n) is 4.72. The molecular formula is C14H20N4. The van der Waals surface area contributed by atoms with E-state index >= 15 is 0 Å². The fourth-order valence-corrected chi connectivity index (χ4v) is 2.11. The van der Waals surface area contributed by atoms with Gasteiger partial charge in [-0.1, -0.05) is 6.07 Å². The van der Waals surface area contributed by atoms with E-state index in [4.69, 9.17) is 5.73 Å². The Bertz CT molecular complexity index is 490. The third-order valence-corrected chi connectivity index (χ3v) is 3.07. The Morgan fingerprint density at radius 2 is 2.22 bits per heavy atom. The van der Waals surface area contributed by atoms with E-state index in [1.54, 1.807) is 0 Å². The zero-order chi connectivity index (χ0) is 13.0. The topological polar surface area (TPSA) is 56.7 Å². The lowest BCUT2D eigenvalue weighted by Crippen LogP contribution is -2.24. The van der Waals surface area contributed by atoms with E-state index in [2.05, 4.69) is 16.1 Å². The van der Waals surface area contributed by atoms with Gasteiger partial charge in [-0.3, -0.25) is 9.67 Å². The summed E-state index contributed by atoms with van der Waals surface area (Å²) in [5.41, 5.74) is 9.51. The maximum absolute atomic E-state index is 6.16. The smallest absolute Gasteiger partial charge is 0.0596 e. The average molecular weight is 244 g/mol. The Morgan fingerprint density at radius 3 is 2.83 bits per heavy atom. The largest absolute Gasteiger partial charge is 0.327 e. The van der Waals surface area contributed by atoms with Gasteiger partial charge in [-0.2, -0.15) is 5.10 Å². The van der Waals surface area contributed by atoms with Crippen molar-refractivity contribution < 1.29 is 0 Å². The second kappa shape index (κ2) is 5.78. The Balaban J connectivity index is 1.86. The molecule has 0 saturated heterocycles. The molecule has 0 radical (unpaired) electrons. The highest BCUT2D eigenvalue weighted by molar-refractivity contribution is 5.10. The zero-order valence-electron chi connectivity index (χ0n) is 11.0. The van der Waals surface area contributed by atoms with Crippen LogP contribution in [-0.4, -0.2) is 20.8 Å². The molecule has 0 aliphatic rings. The van der Waals surface area contributed by atoms with Crippen molar-refractivity contribution in [1.29, 1.82) is 0 Å². The highest BCUT2D eigenvalue weighted by atomic mass is 15.3. The van der Waals surface area contributed by atoms with Gasteiger partial charge in [0.1, 0.15) is 0 Å². The molecule has 2 heterocycles. The van der Waals surface area contributed by atoms with Crippen molar-refractivity contribution in [3.8, 4) is 0 Å². The maximum atomic E-state index is 6.16. The minimum absolute atomic E-state index is 0.154. The number of rotatable bonds is 5. The molecule has 4 heteroatoms. The summed E-state index contributed by atoms with van der Waals surface area (Å²) < 4.78 is 1.91. The van der Waals surface area contributed by atoms with Gasteiger partial charge in [0.15, 0.2) is 0 Å². The predicted molar refractivity (Wildman–Crippen MR) is 72.2 cm³/mol. The number of nitrogens with two attached hydrogens (primary N) is 1. The van der Waals surface area contributed by atoms with Gasteiger partial charge in [0.25, 0.3) is 0 Å². The lowest BCUT2D eigenvalue weighted by molar-refractivity contribution is 0.574. The summed E-state index contributed by atoms with van der Waals surface area (Å²) in [6.07, 6.45) is 4.57. The van der Waals surface area contributed by atoms with Crippen molar-refractivity contribution >= 4 is 0 Å². The third kappa shape index (κ3) is 3.40. The Morgan fingerprint density at radius 1 is 1.39 bits per heavy atom. The van der Waals surface area contributed by atoms with Crippen LogP contribution in [0.1, 0.15) is 23.5 Å². The second-order valence-corrected chi connectivity index (χ2v) is 4.72. The van der Waals surface area contributed by atoms with Crippen LogP contribution in [0.3, 0.4) is 0 Å².